The van der Waals surface area contributed by atoms with Gasteiger partial charge in [-0.1, -0.05) is 29.8 Å². The van der Waals surface area contributed by atoms with Gasteiger partial charge in [-0.15, -0.1) is 0 Å². The van der Waals surface area contributed by atoms with Crippen molar-refractivity contribution < 1.29 is 21.6 Å². The van der Waals surface area contributed by atoms with Gasteiger partial charge in [0.15, 0.2) is 0 Å². The number of aryl methyl sites for hydroxylation is 2. The van der Waals surface area contributed by atoms with Crippen molar-refractivity contribution in [2.24, 2.45) is 0 Å². The van der Waals surface area contributed by atoms with E-state index in [0.717, 1.165) is 29.5 Å². The van der Waals surface area contributed by atoms with Crippen molar-refractivity contribution in [3.05, 3.63) is 80.9 Å². The Morgan fingerprint density at radius 2 is 1.70 bits per heavy atom. The first-order chi connectivity index (χ1) is 15.4. The SMILES string of the molecule is Cc1ccc(-n2c3c(c(-c4ccc(C(F)(F)F)cc4)nc2=O)CN(S(C)(=O)=O)CC3)c(C)c1. The number of rotatable bonds is 3. The highest BCUT2D eigenvalue weighted by Crippen LogP contribution is 2.33. The molecule has 0 saturated heterocycles. The van der Waals surface area contributed by atoms with Crippen LogP contribution in [0.1, 0.15) is 27.9 Å². The van der Waals surface area contributed by atoms with Crippen LogP contribution in [0, 0.1) is 13.8 Å². The molecular weight excluding hydrogens is 455 g/mol. The number of fused-ring (bicyclic) bond motifs is 1. The second-order valence-electron chi connectivity index (χ2n) is 8.22. The van der Waals surface area contributed by atoms with E-state index in [4.69, 9.17) is 0 Å². The minimum atomic E-state index is -4.50. The van der Waals surface area contributed by atoms with E-state index < -0.39 is 27.5 Å². The van der Waals surface area contributed by atoms with E-state index in [2.05, 4.69) is 4.98 Å². The number of alkyl halides is 3. The molecular formula is C23H22F3N3O3S. The molecule has 33 heavy (non-hydrogen) atoms. The van der Waals surface area contributed by atoms with E-state index in [0.29, 0.717) is 22.5 Å². The molecule has 0 atom stereocenters. The lowest BCUT2D eigenvalue weighted by molar-refractivity contribution is -0.137. The van der Waals surface area contributed by atoms with Gasteiger partial charge in [0.2, 0.25) is 10.0 Å². The van der Waals surface area contributed by atoms with Crippen LogP contribution >= 0.6 is 0 Å². The summed E-state index contributed by atoms with van der Waals surface area (Å²) in [4.78, 5) is 17.4. The summed E-state index contributed by atoms with van der Waals surface area (Å²) in [6.45, 7) is 3.97. The Bertz CT molecular complexity index is 1400. The van der Waals surface area contributed by atoms with E-state index in [1.54, 1.807) is 0 Å². The van der Waals surface area contributed by atoms with E-state index >= 15 is 0 Å². The van der Waals surface area contributed by atoms with Gasteiger partial charge in [0, 0.05) is 36.3 Å². The molecule has 0 unspecified atom stereocenters. The predicted molar refractivity (Wildman–Crippen MR) is 119 cm³/mol. The summed E-state index contributed by atoms with van der Waals surface area (Å²) in [5, 5.41) is 0. The van der Waals surface area contributed by atoms with E-state index in [1.807, 2.05) is 32.0 Å². The first kappa shape index (κ1) is 23.2. The molecule has 6 nitrogen and oxygen atoms in total. The van der Waals surface area contributed by atoms with Gasteiger partial charge in [-0.25, -0.2) is 13.2 Å². The van der Waals surface area contributed by atoms with Gasteiger partial charge in [-0.2, -0.15) is 22.5 Å². The summed E-state index contributed by atoms with van der Waals surface area (Å²) in [7, 11) is -3.53. The maximum Gasteiger partial charge on any atom is 0.416 e. The van der Waals surface area contributed by atoms with Crippen LogP contribution < -0.4 is 5.69 Å². The molecule has 1 aliphatic heterocycles. The Labute approximate surface area is 189 Å². The van der Waals surface area contributed by atoms with Crippen molar-refractivity contribution in [2.75, 3.05) is 12.8 Å². The molecule has 2 aromatic carbocycles. The van der Waals surface area contributed by atoms with Crippen LogP contribution in [-0.4, -0.2) is 35.1 Å². The second-order valence-corrected chi connectivity index (χ2v) is 10.2. The Balaban J connectivity index is 1.95. The maximum absolute atomic E-state index is 13.2. The molecule has 0 fully saturated rings. The number of hydrogen-bond acceptors (Lipinski definition) is 4. The average molecular weight is 478 g/mol. The van der Waals surface area contributed by atoms with Gasteiger partial charge in [0.25, 0.3) is 0 Å². The van der Waals surface area contributed by atoms with Gasteiger partial charge in [-0.3, -0.25) is 4.57 Å². The van der Waals surface area contributed by atoms with Crippen LogP contribution in [0.15, 0.2) is 47.3 Å². The Kier molecular flexibility index (Phi) is 5.69. The third-order valence-corrected chi connectivity index (χ3v) is 7.03. The minimum absolute atomic E-state index is 0.0251. The van der Waals surface area contributed by atoms with Gasteiger partial charge >= 0.3 is 11.9 Å². The lowest BCUT2D eigenvalue weighted by Crippen LogP contribution is -2.39. The largest absolute Gasteiger partial charge is 0.416 e. The first-order valence-corrected chi connectivity index (χ1v) is 12.1. The number of hydrogen-bond donors (Lipinski definition) is 0. The number of halogens is 3. The van der Waals surface area contributed by atoms with Crippen molar-refractivity contribution in [3.63, 3.8) is 0 Å². The summed E-state index contributed by atoms with van der Waals surface area (Å²) in [6.07, 6.45) is -3.13. The zero-order chi connectivity index (χ0) is 24.1. The number of nitrogens with zero attached hydrogens (tertiary/aromatic N) is 3. The maximum atomic E-state index is 13.2. The van der Waals surface area contributed by atoms with Gasteiger partial charge in [0.1, 0.15) is 0 Å². The van der Waals surface area contributed by atoms with Crippen molar-refractivity contribution >= 4 is 10.0 Å². The summed E-state index contributed by atoms with van der Waals surface area (Å²) in [5.74, 6) is 0. The van der Waals surface area contributed by atoms with Crippen LogP contribution in [0.4, 0.5) is 13.2 Å². The number of sulfonamides is 1. The monoisotopic (exact) mass is 477 g/mol. The predicted octanol–water partition coefficient (Wildman–Crippen LogP) is 3.85. The number of benzene rings is 2. The fourth-order valence-corrected chi connectivity index (χ4v) is 4.95. The molecule has 0 N–H and O–H groups in total. The van der Waals surface area contributed by atoms with Gasteiger partial charge < -0.3 is 0 Å². The summed E-state index contributed by atoms with van der Waals surface area (Å²) in [6, 6.07) is 9.98. The topological polar surface area (TPSA) is 72.3 Å². The second kappa shape index (κ2) is 8.11. The van der Waals surface area contributed by atoms with E-state index in [-0.39, 0.29) is 25.2 Å². The van der Waals surface area contributed by atoms with Crippen LogP contribution in [0.5, 0.6) is 0 Å². The summed E-state index contributed by atoms with van der Waals surface area (Å²) >= 11 is 0. The van der Waals surface area contributed by atoms with Gasteiger partial charge in [-0.05, 0) is 37.6 Å². The summed E-state index contributed by atoms with van der Waals surface area (Å²) < 4.78 is 66.2. The fourth-order valence-electron chi connectivity index (χ4n) is 4.16. The summed E-state index contributed by atoms with van der Waals surface area (Å²) in [5.41, 5.74) is 2.76. The lowest BCUT2D eigenvalue weighted by Gasteiger charge is -2.30. The van der Waals surface area contributed by atoms with Crippen molar-refractivity contribution in [1.29, 1.82) is 0 Å². The zero-order valence-electron chi connectivity index (χ0n) is 18.3. The molecule has 174 valence electrons. The van der Waals surface area contributed by atoms with Crippen LogP contribution in [0.3, 0.4) is 0 Å². The molecule has 4 rings (SSSR count). The average Bonchev–Trinajstić information content (AvgIpc) is 2.72. The van der Waals surface area contributed by atoms with Crippen LogP contribution in [-0.2, 0) is 29.2 Å². The van der Waals surface area contributed by atoms with Crippen LogP contribution in [0.25, 0.3) is 16.9 Å². The Morgan fingerprint density at radius 3 is 2.27 bits per heavy atom. The fraction of sp³-hybridized carbons (Fsp3) is 0.304. The van der Waals surface area contributed by atoms with Crippen LogP contribution in [0.2, 0.25) is 0 Å². The highest BCUT2D eigenvalue weighted by molar-refractivity contribution is 7.88. The Morgan fingerprint density at radius 1 is 1.03 bits per heavy atom. The van der Waals surface area contributed by atoms with Crippen molar-refractivity contribution in [2.45, 2.75) is 33.0 Å². The molecule has 0 spiro atoms. The molecule has 2 heterocycles. The number of aromatic nitrogens is 2. The third-order valence-electron chi connectivity index (χ3n) is 5.78. The molecule has 0 bridgehead atoms. The normalized spacial score (nSPS) is 14.8. The standard InChI is InChI=1S/C23H22F3N3O3S/c1-14-4-9-19(15(2)12-14)29-20-10-11-28(33(3,31)32)13-18(20)21(27-22(29)30)16-5-7-17(8-6-16)23(24,25)26/h4-9,12H,10-11,13H2,1-3H3. The van der Waals surface area contributed by atoms with E-state index in [9.17, 15) is 26.4 Å². The molecule has 3 aromatic rings. The highest BCUT2D eigenvalue weighted by atomic mass is 32.2. The lowest BCUT2D eigenvalue weighted by atomic mass is 9.98. The first-order valence-electron chi connectivity index (χ1n) is 10.2. The van der Waals surface area contributed by atoms with Gasteiger partial charge in [0.05, 0.1) is 23.2 Å². The Hall–Kier alpha value is -2.98. The quantitative estimate of drug-likeness (QED) is 0.575. The van der Waals surface area contributed by atoms with E-state index in [1.165, 1.54) is 21.0 Å². The molecule has 0 radical (unpaired) electrons. The molecule has 1 aromatic heterocycles. The molecule has 1 aliphatic rings. The zero-order valence-corrected chi connectivity index (χ0v) is 19.1. The van der Waals surface area contributed by atoms with Crippen molar-refractivity contribution in [3.8, 4) is 16.9 Å². The molecule has 0 aliphatic carbocycles. The molecule has 10 heteroatoms. The van der Waals surface area contributed by atoms with Crippen molar-refractivity contribution in [1.82, 2.24) is 13.9 Å². The minimum Gasteiger partial charge on any atom is -0.264 e. The molecule has 0 amide bonds. The molecule has 0 saturated carbocycles. The highest BCUT2D eigenvalue weighted by Gasteiger charge is 2.32. The smallest absolute Gasteiger partial charge is 0.264 e. The third kappa shape index (κ3) is 4.45.